The van der Waals surface area contributed by atoms with Gasteiger partial charge in [-0.15, -0.1) is 0 Å². The molecule has 0 aromatic carbocycles. The molecule has 1 N–H and O–H groups in total. The van der Waals surface area contributed by atoms with E-state index in [1.807, 2.05) is 13.8 Å². The highest BCUT2D eigenvalue weighted by Crippen LogP contribution is 2.46. The van der Waals surface area contributed by atoms with E-state index in [1.54, 1.807) is 0 Å². The first-order chi connectivity index (χ1) is 15.6. The zero-order valence-electron chi connectivity index (χ0n) is 20.4. The summed E-state index contributed by atoms with van der Waals surface area (Å²) in [5.74, 6) is -2.44. The first-order valence-corrected chi connectivity index (χ1v) is 13.8. The van der Waals surface area contributed by atoms with Gasteiger partial charge in [0, 0.05) is 51.4 Å². The third-order valence-corrected chi connectivity index (χ3v) is 8.86. The van der Waals surface area contributed by atoms with E-state index < -0.39 is 15.9 Å². The number of nitrogens with one attached hydrogen (secondary N) is 1. The molecule has 3 fully saturated rings. The van der Waals surface area contributed by atoms with Crippen molar-refractivity contribution in [1.82, 2.24) is 14.6 Å². The van der Waals surface area contributed by atoms with Crippen LogP contribution in [0.3, 0.4) is 0 Å². The Balaban J connectivity index is 0.00000149. The van der Waals surface area contributed by atoms with Gasteiger partial charge < -0.3 is 10.1 Å². The SMILES string of the molecule is CC.CCC1(CNCC2CCOCC2)CN(S(=O)(=O)c2cnc(C(C)(F)F)cc2C2CC2)C1. The molecule has 1 aromatic rings. The molecule has 9 heteroatoms. The van der Waals surface area contributed by atoms with Crippen LogP contribution in [0.4, 0.5) is 8.78 Å². The zero-order chi connectivity index (χ0) is 24.3. The molecule has 1 aliphatic carbocycles. The van der Waals surface area contributed by atoms with Crippen molar-refractivity contribution >= 4 is 10.0 Å². The molecule has 6 nitrogen and oxygen atoms in total. The van der Waals surface area contributed by atoms with Gasteiger partial charge >= 0.3 is 0 Å². The number of nitrogens with zero attached hydrogens (tertiary/aromatic N) is 2. The Morgan fingerprint density at radius 2 is 1.85 bits per heavy atom. The van der Waals surface area contributed by atoms with Gasteiger partial charge in [0.25, 0.3) is 5.92 Å². The average molecular weight is 488 g/mol. The van der Waals surface area contributed by atoms with Gasteiger partial charge in [-0.2, -0.15) is 13.1 Å². The van der Waals surface area contributed by atoms with Crippen LogP contribution in [0, 0.1) is 11.3 Å². The Hall–Kier alpha value is -1.16. The van der Waals surface area contributed by atoms with E-state index >= 15 is 0 Å². The number of sulfonamides is 1. The molecular weight excluding hydrogens is 448 g/mol. The van der Waals surface area contributed by atoms with E-state index in [2.05, 4.69) is 17.2 Å². The lowest BCUT2D eigenvalue weighted by Crippen LogP contribution is -2.62. The fraction of sp³-hybridized carbons (Fsp3) is 0.792. The lowest BCUT2D eigenvalue weighted by Gasteiger charge is -2.49. The Morgan fingerprint density at radius 1 is 1.21 bits per heavy atom. The molecule has 0 amide bonds. The maximum absolute atomic E-state index is 13.7. The van der Waals surface area contributed by atoms with E-state index in [9.17, 15) is 17.2 Å². The second-order valence-corrected chi connectivity index (χ2v) is 11.5. The lowest BCUT2D eigenvalue weighted by atomic mass is 9.79. The molecular formula is C24H39F2N3O3S. The summed E-state index contributed by atoms with van der Waals surface area (Å²) in [5.41, 5.74) is 0.0530. The molecule has 0 bridgehead atoms. The summed E-state index contributed by atoms with van der Waals surface area (Å²) >= 11 is 0. The van der Waals surface area contributed by atoms with Gasteiger partial charge in [0.2, 0.25) is 10.0 Å². The van der Waals surface area contributed by atoms with Crippen molar-refractivity contribution in [3.63, 3.8) is 0 Å². The van der Waals surface area contributed by atoms with Crippen molar-refractivity contribution in [3.8, 4) is 0 Å². The molecule has 33 heavy (non-hydrogen) atoms. The van der Waals surface area contributed by atoms with E-state index in [-0.39, 0.29) is 21.9 Å². The number of halogens is 2. The highest BCUT2D eigenvalue weighted by Gasteiger charge is 2.48. The third-order valence-electron chi connectivity index (χ3n) is 7.03. The first kappa shape index (κ1) is 26.4. The van der Waals surface area contributed by atoms with E-state index in [0.29, 0.717) is 24.6 Å². The number of hydrogen-bond donors (Lipinski definition) is 1. The number of hydrogen-bond acceptors (Lipinski definition) is 5. The molecule has 0 atom stereocenters. The Labute approximate surface area is 197 Å². The van der Waals surface area contributed by atoms with Crippen molar-refractivity contribution in [1.29, 1.82) is 0 Å². The largest absolute Gasteiger partial charge is 0.381 e. The second kappa shape index (κ2) is 10.6. The minimum atomic E-state index is -3.75. The fourth-order valence-electron chi connectivity index (χ4n) is 4.59. The Morgan fingerprint density at radius 3 is 2.39 bits per heavy atom. The van der Waals surface area contributed by atoms with Crippen LogP contribution in [0.2, 0.25) is 0 Å². The molecule has 0 spiro atoms. The summed E-state index contributed by atoms with van der Waals surface area (Å²) in [6.45, 7) is 11.1. The first-order valence-electron chi connectivity index (χ1n) is 12.3. The van der Waals surface area contributed by atoms with Gasteiger partial charge in [0.05, 0.1) is 0 Å². The van der Waals surface area contributed by atoms with Crippen LogP contribution in [0.1, 0.15) is 77.0 Å². The summed E-state index contributed by atoms with van der Waals surface area (Å²) in [5, 5.41) is 3.55. The highest BCUT2D eigenvalue weighted by atomic mass is 32.2. The van der Waals surface area contributed by atoms with Crippen LogP contribution in [-0.2, 0) is 20.7 Å². The Bertz CT molecular complexity index is 889. The van der Waals surface area contributed by atoms with E-state index in [0.717, 1.165) is 71.5 Å². The highest BCUT2D eigenvalue weighted by molar-refractivity contribution is 7.89. The molecule has 4 rings (SSSR count). The van der Waals surface area contributed by atoms with Crippen molar-refractivity contribution in [2.75, 3.05) is 39.4 Å². The smallest absolute Gasteiger partial charge is 0.286 e. The normalized spacial score (nSPS) is 21.8. The van der Waals surface area contributed by atoms with Crippen molar-refractivity contribution in [3.05, 3.63) is 23.5 Å². The minimum absolute atomic E-state index is 0.0345. The van der Waals surface area contributed by atoms with Crippen LogP contribution in [-0.4, -0.2) is 57.1 Å². The van der Waals surface area contributed by atoms with E-state index in [1.165, 1.54) is 10.4 Å². The fourth-order valence-corrected chi connectivity index (χ4v) is 6.47. The monoisotopic (exact) mass is 487 g/mol. The van der Waals surface area contributed by atoms with Gasteiger partial charge in [0.1, 0.15) is 10.6 Å². The maximum atomic E-state index is 13.7. The molecule has 2 saturated heterocycles. The summed E-state index contributed by atoms with van der Waals surface area (Å²) < 4.78 is 61.0. The predicted octanol–water partition coefficient (Wildman–Crippen LogP) is 4.51. The summed E-state index contributed by atoms with van der Waals surface area (Å²) in [7, 11) is -3.75. The third kappa shape index (κ3) is 6.10. The molecule has 0 radical (unpaired) electrons. The van der Waals surface area contributed by atoms with Gasteiger partial charge in [-0.25, -0.2) is 8.42 Å². The average Bonchev–Trinajstić information content (AvgIpc) is 3.62. The van der Waals surface area contributed by atoms with Crippen LogP contribution < -0.4 is 5.32 Å². The molecule has 1 saturated carbocycles. The van der Waals surface area contributed by atoms with Gasteiger partial charge in [-0.05, 0) is 62.1 Å². The molecule has 2 aliphatic heterocycles. The second-order valence-electron chi connectivity index (χ2n) is 9.58. The predicted molar refractivity (Wildman–Crippen MR) is 125 cm³/mol. The number of pyridine rings is 1. The lowest BCUT2D eigenvalue weighted by molar-refractivity contribution is 0.0125. The number of rotatable bonds is 9. The summed E-state index contributed by atoms with van der Waals surface area (Å²) in [4.78, 5) is 3.91. The zero-order valence-corrected chi connectivity index (χ0v) is 21.2. The topological polar surface area (TPSA) is 71.5 Å². The van der Waals surface area contributed by atoms with Gasteiger partial charge in [-0.1, -0.05) is 20.8 Å². The molecule has 3 heterocycles. The maximum Gasteiger partial charge on any atom is 0.286 e. The quantitative estimate of drug-likeness (QED) is 0.555. The van der Waals surface area contributed by atoms with Crippen molar-refractivity contribution in [2.45, 2.75) is 76.5 Å². The van der Waals surface area contributed by atoms with E-state index in [4.69, 9.17) is 4.74 Å². The van der Waals surface area contributed by atoms with Crippen molar-refractivity contribution < 1.29 is 21.9 Å². The van der Waals surface area contributed by atoms with Crippen molar-refractivity contribution in [2.24, 2.45) is 11.3 Å². The summed E-state index contributed by atoms with van der Waals surface area (Å²) in [6.07, 6.45) is 5.82. The number of aromatic nitrogens is 1. The standard InChI is InChI=1S/C22H33F2N3O3S.C2H6/c1-3-22(13-25-11-16-6-8-30-9-7-16)14-27(15-22)31(28,29)19-12-26-20(21(2,23)24)10-18(19)17-4-5-17;1-2/h10,12,16-17,25H,3-9,11,13-15H2,1-2H3;1-2H3. The van der Waals surface area contributed by atoms with Crippen LogP contribution in [0.15, 0.2) is 17.2 Å². The Kier molecular flexibility index (Phi) is 8.51. The molecule has 3 aliphatic rings. The molecule has 1 aromatic heterocycles. The number of alkyl halides is 2. The van der Waals surface area contributed by atoms with Crippen LogP contribution in [0.25, 0.3) is 0 Å². The summed E-state index contributed by atoms with van der Waals surface area (Å²) in [6, 6.07) is 1.30. The molecule has 0 unspecified atom stereocenters. The molecule has 188 valence electrons. The van der Waals surface area contributed by atoms with Crippen LogP contribution >= 0.6 is 0 Å². The van der Waals surface area contributed by atoms with Crippen LogP contribution in [0.5, 0.6) is 0 Å². The van der Waals surface area contributed by atoms with Gasteiger partial charge in [-0.3, -0.25) is 4.98 Å². The minimum Gasteiger partial charge on any atom is -0.381 e. The van der Waals surface area contributed by atoms with Gasteiger partial charge in [0.15, 0.2) is 0 Å². The number of ether oxygens (including phenoxy) is 1.